The minimum Gasteiger partial charge on any atom is -0.495 e. The van der Waals surface area contributed by atoms with E-state index >= 15 is 0 Å². The van der Waals surface area contributed by atoms with E-state index in [0.717, 1.165) is 5.56 Å². The zero-order valence-electron chi connectivity index (χ0n) is 15.8. The van der Waals surface area contributed by atoms with Crippen LogP contribution >= 0.6 is 0 Å². The maximum atomic E-state index is 13.4. The number of carbonyl (C=O) groups excluding carboxylic acids is 1. The van der Waals surface area contributed by atoms with Crippen molar-refractivity contribution in [3.8, 4) is 5.75 Å². The van der Waals surface area contributed by atoms with Crippen molar-refractivity contribution < 1.29 is 17.9 Å². The fourth-order valence-electron chi connectivity index (χ4n) is 3.42. The number of hydrogen-bond acceptors (Lipinski definition) is 4. The Morgan fingerprint density at radius 1 is 1.00 bits per heavy atom. The summed E-state index contributed by atoms with van der Waals surface area (Å²) in [6, 6.07) is 20.8. The van der Waals surface area contributed by atoms with Crippen LogP contribution in [0.5, 0.6) is 5.75 Å². The Morgan fingerprint density at radius 3 is 2.48 bits per heavy atom. The van der Waals surface area contributed by atoms with Gasteiger partial charge in [-0.15, -0.1) is 0 Å². The first-order chi connectivity index (χ1) is 14.0. The fraction of sp³-hybridized carbons (Fsp3) is 0.136. The fourth-order valence-corrected chi connectivity index (χ4v) is 5.11. The molecule has 1 amide bonds. The number of benzene rings is 3. The lowest BCUT2D eigenvalue weighted by molar-refractivity contribution is 0.102. The van der Waals surface area contributed by atoms with E-state index in [0.29, 0.717) is 24.3 Å². The summed E-state index contributed by atoms with van der Waals surface area (Å²) in [7, 11) is -2.48. The van der Waals surface area contributed by atoms with Crippen LogP contribution in [0.3, 0.4) is 0 Å². The molecule has 3 aromatic rings. The molecule has 0 fully saturated rings. The number of carbonyl (C=O) groups is 1. The Kier molecular flexibility index (Phi) is 4.98. The van der Waals surface area contributed by atoms with Gasteiger partial charge in [0.25, 0.3) is 15.9 Å². The quantitative estimate of drug-likeness (QED) is 0.699. The van der Waals surface area contributed by atoms with Gasteiger partial charge in [-0.1, -0.05) is 36.4 Å². The number of hydrogen-bond donors (Lipinski definition) is 1. The zero-order chi connectivity index (χ0) is 20.4. The van der Waals surface area contributed by atoms with E-state index in [1.807, 2.05) is 36.4 Å². The molecule has 1 N–H and O–H groups in total. The minimum absolute atomic E-state index is 0.0302. The van der Waals surface area contributed by atoms with Gasteiger partial charge in [-0.2, -0.15) is 0 Å². The third-order valence-corrected chi connectivity index (χ3v) is 6.70. The molecule has 4 rings (SSSR count). The van der Waals surface area contributed by atoms with E-state index < -0.39 is 15.9 Å². The minimum atomic E-state index is -3.90. The second-order valence-electron chi connectivity index (χ2n) is 6.64. The maximum Gasteiger partial charge on any atom is 0.268 e. The molecule has 0 bridgehead atoms. The Bertz CT molecular complexity index is 1160. The Balaban J connectivity index is 1.71. The molecule has 0 radical (unpaired) electrons. The predicted molar refractivity (Wildman–Crippen MR) is 112 cm³/mol. The normalized spacial score (nSPS) is 13.1. The molecule has 148 valence electrons. The first kappa shape index (κ1) is 19.0. The summed E-state index contributed by atoms with van der Waals surface area (Å²) >= 11 is 0. The van der Waals surface area contributed by atoms with Crippen molar-refractivity contribution in [3.63, 3.8) is 0 Å². The van der Waals surface area contributed by atoms with Crippen LogP contribution in [-0.2, 0) is 16.4 Å². The molecule has 0 aromatic heterocycles. The molecular weight excluding hydrogens is 388 g/mol. The average molecular weight is 408 g/mol. The van der Waals surface area contributed by atoms with Gasteiger partial charge in [0.2, 0.25) is 0 Å². The number of sulfonamides is 1. The van der Waals surface area contributed by atoms with E-state index in [9.17, 15) is 13.2 Å². The van der Waals surface area contributed by atoms with Crippen LogP contribution in [-0.4, -0.2) is 28.0 Å². The van der Waals surface area contributed by atoms with Crippen LogP contribution in [0.2, 0.25) is 0 Å². The van der Waals surface area contributed by atoms with E-state index in [4.69, 9.17) is 4.74 Å². The number of para-hydroxylation sites is 2. The number of anilines is 2. The van der Waals surface area contributed by atoms with Gasteiger partial charge in [-0.05, 0) is 48.4 Å². The maximum absolute atomic E-state index is 13.4. The van der Waals surface area contributed by atoms with Gasteiger partial charge in [0.1, 0.15) is 10.6 Å². The number of rotatable bonds is 5. The molecule has 0 saturated carbocycles. The number of methoxy groups -OCH3 is 1. The molecule has 3 aromatic carbocycles. The second-order valence-corrected chi connectivity index (χ2v) is 8.47. The summed E-state index contributed by atoms with van der Waals surface area (Å²) in [5.41, 5.74) is 2.51. The first-order valence-corrected chi connectivity index (χ1v) is 10.6. The largest absolute Gasteiger partial charge is 0.495 e. The standard InChI is InChI=1S/C22H20N2O4S/c1-28-20-12-11-17(22(25)23-18-8-3-2-4-9-18)15-21(20)29(26,27)24-14-13-16-7-5-6-10-19(16)24/h2-12,15H,13-14H2,1H3,(H,23,25). The molecule has 0 spiro atoms. The van der Waals surface area contributed by atoms with Crippen molar-refractivity contribution in [2.45, 2.75) is 11.3 Å². The van der Waals surface area contributed by atoms with Crippen LogP contribution < -0.4 is 14.4 Å². The highest BCUT2D eigenvalue weighted by atomic mass is 32.2. The Hall–Kier alpha value is -3.32. The summed E-state index contributed by atoms with van der Waals surface area (Å²) in [6.45, 7) is 0.352. The molecule has 0 unspecified atom stereocenters. The highest BCUT2D eigenvalue weighted by molar-refractivity contribution is 7.93. The molecule has 6 nitrogen and oxygen atoms in total. The molecule has 0 atom stereocenters. The molecular formula is C22H20N2O4S. The van der Waals surface area contributed by atoms with Gasteiger partial charge in [0, 0.05) is 17.8 Å². The van der Waals surface area contributed by atoms with Gasteiger partial charge < -0.3 is 10.1 Å². The first-order valence-electron chi connectivity index (χ1n) is 9.16. The lowest BCUT2D eigenvalue weighted by atomic mass is 10.2. The van der Waals surface area contributed by atoms with Gasteiger partial charge in [0.05, 0.1) is 12.8 Å². The van der Waals surface area contributed by atoms with Crippen molar-refractivity contribution in [1.29, 1.82) is 0 Å². The van der Waals surface area contributed by atoms with Gasteiger partial charge in [0.15, 0.2) is 0 Å². The van der Waals surface area contributed by atoms with E-state index in [-0.39, 0.29) is 16.2 Å². The number of nitrogens with zero attached hydrogens (tertiary/aromatic N) is 1. The topological polar surface area (TPSA) is 75.7 Å². The average Bonchev–Trinajstić information content (AvgIpc) is 3.19. The smallest absolute Gasteiger partial charge is 0.268 e. The highest BCUT2D eigenvalue weighted by Crippen LogP contribution is 2.36. The number of nitrogens with one attached hydrogen (secondary N) is 1. The summed E-state index contributed by atoms with van der Waals surface area (Å²) < 4.78 is 33.5. The highest BCUT2D eigenvalue weighted by Gasteiger charge is 2.33. The summed E-state index contributed by atoms with van der Waals surface area (Å²) in [4.78, 5) is 12.6. The van der Waals surface area contributed by atoms with Gasteiger partial charge in [-0.3, -0.25) is 9.10 Å². The summed E-state index contributed by atoms with van der Waals surface area (Å²) in [5, 5.41) is 2.77. The molecule has 0 saturated heterocycles. The molecule has 1 heterocycles. The molecule has 1 aliphatic rings. The monoisotopic (exact) mass is 408 g/mol. The predicted octanol–water partition coefficient (Wildman–Crippen LogP) is 3.70. The zero-order valence-corrected chi connectivity index (χ0v) is 16.6. The van der Waals surface area contributed by atoms with Crippen molar-refractivity contribution in [2.75, 3.05) is 23.3 Å². The SMILES string of the molecule is COc1ccc(C(=O)Nc2ccccc2)cc1S(=O)(=O)N1CCc2ccccc21. The van der Waals surface area contributed by atoms with E-state index in [1.165, 1.54) is 23.5 Å². The summed E-state index contributed by atoms with van der Waals surface area (Å²) in [5.74, 6) is -0.192. The van der Waals surface area contributed by atoms with Crippen LogP contribution in [0.1, 0.15) is 15.9 Å². The van der Waals surface area contributed by atoms with Crippen LogP contribution in [0.25, 0.3) is 0 Å². The van der Waals surface area contributed by atoms with Gasteiger partial charge in [-0.25, -0.2) is 8.42 Å². The van der Waals surface area contributed by atoms with Crippen molar-refractivity contribution in [2.24, 2.45) is 0 Å². The number of fused-ring (bicyclic) bond motifs is 1. The van der Waals surface area contributed by atoms with Crippen LogP contribution in [0, 0.1) is 0 Å². The second kappa shape index (κ2) is 7.60. The van der Waals surface area contributed by atoms with Crippen molar-refractivity contribution in [1.82, 2.24) is 0 Å². The van der Waals surface area contributed by atoms with Crippen LogP contribution in [0.4, 0.5) is 11.4 Å². The molecule has 1 aliphatic heterocycles. The summed E-state index contributed by atoms with van der Waals surface area (Å²) in [6.07, 6.45) is 0.645. The van der Waals surface area contributed by atoms with Crippen LogP contribution in [0.15, 0.2) is 77.7 Å². The van der Waals surface area contributed by atoms with E-state index in [2.05, 4.69) is 5.32 Å². The van der Waals surface area contributed by atoms with Crippen molar-refractivity contribution >= 4 is 27.3 Å². The third kappa shape index (κ3) is 3.56. The Morgan fingerprint density at radius 2 is 1.72 bits per heavy atom. The van der Waals surface area contributed by atoms with Crippen molar-refractivity contribution in [3.05, 3.63) is 83.9 Å². The number of ether oxygens (including phenoxy) is 1. The number of amides is 1. The van der Waals surface area contributed by atoms with Gasteiger partial charge >= 0.3 is 0 Å². The van der Waals surface area contributed by atoms with E-state index in [1.54, 1.807) is 24.3 Å². The Labute approximate surface area is 169 Å². The third-order valence-electron chi connectivity index (χ3n) is 4.87. The lowest BCUT2D eigenvalue weighted by Crippen LogP contribution is -2.29. The molecule has 7 heteroatoms. The molecule has 29 heavy (non-hydrogen) atoms. The lowest BCUT2D eigenvalue weighted by Gasteiger charge is -2.21. The molecule has 0 aliphatic carbocycles.